The van der Waals surface area contributed by atoms with E-state index in [1.807, 2.05) is 0 Å². The summed E-state index contributed by atoms with van der Waals surface area (Å²) in [7, 11) is -1.88. The molecule has 1 aliphatic rings. The Morgan fingerprint density at radius 1 is 0.885 bits per heavy atom. The molecule has 2 N–H and O–H groups in total. The first-order valence-electron chi connectivity index (χ1n) is 10.9. The Balaban J connectivity index is 3.53. The Labute approximate surface area is 169 Å². The number of hydrogen-bond donors (Lipinski definition) is 2. The van der Waals surface area contributed by atoms with Crippen LogP contribution in [-0.4, -0.2) is 35.0 Å². The summed E-state index contributed by atoms with van der Waals surface area (Å²) in [4.78, 5) is 4.34. The molecule has 0 aromatic rings. The highest BCUT2D eigenvalue weighted by molar-refractivity contribution is 6.63. The molecule has 0 aromatic carbocycles. The second-order valence-electron chi connectivity index (χ2n) is 12.8. The van der Waals surface area contributed by atoms with Gasteiger partial charge in [-0.1, -0.05) is 67.7 Å². The summed E-state index contributed by atoms with van der Waals surface area (Å²) < 4.78 is 0. The van der Waals surface area contributed by atoms with Crippen LogP contribution in [0.5, 0.6) is 0 Å². The van der Waals surface area contributed by atoms with E-state index in [-0.39, 0.29) is 11.0 Å². The van der Waals surface area contributed by atoms with Gasteiger partial charge in [0.2, 0.25) is 0 Å². The van der Waals surface area contributed by atoms with E-state index >= 15 is 0 Å². The van der Waals surface area contributed by atoms with E-state index in [9.17, 15) is 0 Å². The van der Waals surface area contributed by atoms with Gasteiger partial charge in [-0.25, -0.2) is 0 Å². The van der Waals surface area contributed by atoms with Crippen molar-refractivity contribution in [1.29, 1.82) is 0 Å². The van der Waals surface area contributed by atoms with E-state index in [0.29, 0.717) is 16.0 Å². The largest absolute Gasteiger partial charge is 0.336 e. The first kappa shape index (κ1) is 24.4. The lowest BCUT2D eigenvalue weighted by Crippen LogP contribution is -2.78. The van der Waals surface area contributed by atoms with Gasteiger partial charge in [0.15, 0.2) is 0 Å². The third-order valence-electron chi connectivity index (χ3n) is 7.09. The molecule has 1 aliphatic carbocycles. The molecule has 0 heterocycles. The fourth-order valence-corrected chi connectivity index (χ4v) is 13.4. The molecule has 0 amide bonds. The molecule has 3 atom stereocenters. The van der Waals surface area contributed by atoms with Crippen LogP contribution in [-0.2, 0) is 0 Å². The second kappa shape index (κ2) is 7.64. The molecule has 1 saturated carbocycles. The number of hydrogen-bond acceptors (Lipinski definition) is 2. The summed E-state index contributed by atoms with van der Waals surface area (Å²) in [5.41, 5.74) is 1.16. The lowest BCUT2D eigenvalue weighted by atomic mass is 9.52. The van der Waals surface area contributed by atoms with Crippen molar-refractivity contribution < 1.29 is 0 Å². The molecule has 0 saturated heterocycles. The van der Waals surface area contributed by atoms with E-state index < -0.39 is 17.8 Å². The minimum atomic E-state index is -0.977. The molecule has 0 radical (unpaired) electrons. The summed E-state index contributed by atoms with van der Waals surface area (Å²) in [6.07, 6.45) is 2.68. The Morgan fingerprint density at radius 2 is 1.38 bits per heavy atom. The minimum Gasteiger partial charge on any atom is -0.336 e. The molecule has 0 spiro atoms. The molecule has 0 bridgehead atoms. The normalized spacial score (nSPS) is 33.1. The molecular weight excluding hydrogens is 348 g/mol. The maximum Gasteiger partial charge on any atom is 0.102 e. The molecular formula is C22H50N2Si2. The van der Waals surface area contributed by atoms with Crippen molar-refractivity contribution in [2.75, 3.05) is 6.54 Å². The lowest BCUT2D eigenvalue weighted by molar-refractivity contribution is -0.0521. The lowest BCUT2D eigenvalue weighted by Gasteiger charge is -2.67. The minimum absolute atomic E-state index is 0.168. The Hall–Kier alpha value is 0.354. The van der Waals surface area contributed by atoms with Crippen molar-refractivity contribution in [3.63, 3.8) is 0 Å². The highest BCUT2D eigenvalue weighted by Gasteiger charge is 2.63. The van der Waals surface area contributed by atoms with Gasteiger partial charge in [-0.05, 0) is 55.8 Å². The Bertz CT molecular complexity index is 474. The summed E-state index contributed by atoms with van der Waals surface area (Å²) in [5.74, 6) is 0.778. The number of nitrogens with one attached hydrogen (secondary N) is 2. The van der Waals surface area contributed by atoms with Crippen LogP contribution in [0.15, 0.2) is 0 Å². The molecule has 0 aliphatic heterocycles. The molecule has 156 valence electrons. The zero-order valence-corrected chi connectivity index (χ0v) is 22.7. The van der Waals surface area contributed by atoms with Gasteiger partial charge in [0, 0.05) is 17.2 Å². The van der Waals surface area contributed by atoms with Crippen LogP contribution in [0, 0.1) is 22.2 Å². The van der Waals surface area contributed by atoms with Crippen LogP contribution < -0.4 is 10.3 Å². The topological polar surface area (TPSA) is 24.1 Å². The summed E-state index contributed by atoms with van der Waals surface area (Å²) in [6.45, 7) is 33.3. The van der Waals surface area contributed by atoms with Crippen LogP contribution in [0.4, 0.5) is 0 Å². The van der Waals surface area contributed by atoms with Gasteiger partial charge < -0.3 is 10.3 Å². The van der Waals surface area contributed by atoms with Gasteiger partial charge >= 0.3 is 0 Å². The maximum atomic E-state index is 4.34. The van der Waals surface area contributed by atoms with Crippen molar-refractivity contribution >= 4 is 17.8 Å². The summed E-state index contributed by atoms with van der Waals surface area (Å²) >= 11 is 0. The molecule has 0 aromatic heterocycles. The van der Waals surface area contributed by atoms with Crippen LogP contribution >= 0.6 is 0 Å². The zero-order valence-electron chi connectivity index (χ0n) is 20.4. The SMILES string of the molecule is C[SiH](C)NC1([SiH](C)C)C(C)(C)CC(C(C)(C)C)CC1(C)CNC(C)(C)C. The summed E-state index contributed by atoms with van der Waals surface area (Å²) in [5, 5.41) is 4.23. The molecule has 26 heavy (non-hydrogen) atoms. The predicted molar refractivity (Wildman–Crippen MR) is 125 cm³/mol. The third kappa shape index (κ3) is 4.85. The average Bonchev–Trinajstić information content (AvgIpc) is 2.37. The quantitative estimate of drug-likeness (QED) is 0.622. The first-order chi connectivity index (χ1) is 11.4. The van der Waals surface area contributed by atoms with Crippen LogP contribution in [0.3, 0.4) is 0 Å². The standard InChI is InChI=1S/C22H50N2Si2/c1-18(2,3)17-14-20(7,8)22(25(10)11,24-26(12)13)21(9,15-17)16-23-19(4,5)6/h17,23-26H,14-16H2,1-13H3. The monoisotopic (exact) mass is 398 g/mol. The van der Waals surface area contributed by atoms with Gasteiger partial charge in [-0.15, -0.1) is 0 Å². The molecule has 1 fully saturated rings. The first-order valence-corrected chi connectivity index (χ1v) is 16.7. The van der Waals surface area contributed by atoms with E-state index in [4.69, 9.17) is 0 Å². The molecule has 4 heteroatoms. The predicted octanol–water partition coefficient (Wildman–Crippen LogP) is 5.20. The Kier molecular flexibility index (Phi) is 7.17. The summed E-state index contributed by atoms with van der Waals surface area (Å²) in [6, 6.07) is 0. The van der Waals surface area contributed by atoms with Crippen molar-refractivity contribution in [3.05, 3.63) is 0 Å². The van der Waals surface area contributed by atoms with E-state index in [2.05, 4.69) is 98.8 Å². The zero-order chi connectivity index (χ0) is 20.8. The van der Waals surface area contributed by atoms with Gasteiger partial charge in [-0.2, -0.15) is 0 Å². The Morgan fingerprint density at radius 3 is 1.73 bits per heavy atom. The van der Waals surface area contributed by atoms with Crippen molar-refractivity contribution in [3.8, 4) is 0 Å². The van der Waals surface area contributed by atoms with Crippen molar-refractivity contribution in [2.24, 2.45) is 22.2 Å². The molecule has 1 rings (SSSR count). The van der Waals surface area contributed by atoms with Gasteiger partial charge in [0.1, 0.15) is 8.96 Å². The molecule has 3 unspecified atom stereocenters. The van der Waals surface area contributed by atoms with Crippen LogP contribution in [0.2, 0.25) is 26.2 Å². The van der Waals surface area contributed by atoms with E-state index in [1.54, 1.807) is 0 Å². The fraction of sp³-hybridized carbons (Fsp3) is 1.00. The van der Waals surface area contributed by atoms with Gasteiger partial charge in [0.05, 0.1) is 8.80 Å². The maximum absolute atomic E-state index is 4.34. The van der Waals surface area contributed by atoms with Gasteiger partial charge in [0.25, 0.3) is 0 Å². The van der Waals surface area contributed by atoms with E-state index in [0.717, 1.165) is 12.5 Å². The second-order valence-corrected chi connectivity index (χ2v) is 18.6. The smallest absolute Gasteiger partial charge is 0.102 e. The van der Waals surface area contributed by atoms with Crippen molar-refractivity contribution in [2.45, 2.75) is 112 Å². The van der Waals surface area contributed by atoms with Gasteiger partial charge in [-0.3, -0.25) is 0 Å². The van der Waals surface area contributed by atoms with Crippen molar-refractivity contribution in [1.82, 2.24) is 10.3 Å². The fourth-order valence-electron chi connectivity index (χ4n) is 6.13. The highest BCUT2D eigenvalue weighted by Crippen LogP contribution is 2.59. The average molecular weight is 399 g/mol. The highest BCUT2D eigenvalue weighted by atomic mass is 28.3. The van der Waals surface area contributed by atoms with Crippen LogP contribution in [0.25, 0.3) is 0 Å². The van der Waals surface area contributed by atoms with E-state index in [1.165, 1.54) is 12.8 Å². The third-order valence-corrected chi connectivity index (χ3v) is 11.8. The van der Waals surface area contributed by atoms with Crippen LogP contribution in [0.1, 0.15) is 75.2 Å². The number of rotatable bonds is 5. The molecule has 2 nitrogen and oxygen atoms in total.